The number of carbonyl (C=O) groups excluding carboxylic acids is 1. The third kappa shape index (κ3) is 5.43. The summed E-state index contributed by atoms with van der Waals surface area (Å²) in [5.41, 5.74) is 2.45. The van der Waals surface area contributed by atoms with Crippen molar-refractivity contribution in [3.05, 3.63) is 94.5 Å². The number of hydrogen-bond donors (Lipinski definition) is 2. The maximum Gasteiger partial charge on any atom is 0.276 e. The van der Waals surface area contributed by atoms with Crippen molar-refractivity contribution in [1.82, 2.24) is 4.83 Å². The summed E-state index contributed by atoms with van der Waals surface area (Å²) in [7, 11) is -3.75. The minimum atomic E-state index is -3.75. The van der Waals surface area contributed by atoms with Crippen LogP contribution in [-0.2, 0) is 10.0 Å². The zero-order valence-corrected chi connectivity index (χ0v) is 17.0. The molecule has 0 aromatic heterocycles. The molecule has 0 unspecified atom stereocenters. The van der Waals surface area contributed by atoms with Gasteiger partial charge in [0.05, 0.1) is 21.7 Å². The average Bonchev–Trinajstić information content (AvgIpc) is 2.69. The normalized spacial score (nSPS) is 11.4. The van der Waals surface area contributed by atoms with Crippen LogP contribution in [-0.4, -0.2) is 20.5 Å². The Labute approximate surface area is 174 Å². The van der Waals surface area contributed by atoms with Crippen LogP contribution in [0.2, 0.25) is 5.02 Å². The summed E-state index contributed by atoms with van der Waals surface area (Å²) in [6, 6.07) is 20.0. The van der Waals surface area contributed by atoms with Crippen LogP contribution in [0.1, 0.15) is 21.5 Å². The summed E-state index contributed by atoms with van der Waals surface area (Å²) in [5.74, 6) is -0.343. The highest BCUT2D eigenvalue weighted by Crippen LogP contribution is 2.17. The van der Waals surface area contributed by atoms with Crippen LogP contribution in [0.25, 0.3) is 0 Å². The molecular weight excluding hydrogens is 410 g/mol. The van der Waals surface area contributed by atoms with Crippen molar-refractivity contribution in [1.29, 1.82) is 0 Å². The quantitative estimate of drug-likeness (QED) is 0.456. The number of aryl methyl sites for hydroxylation is 1. The van der Waals surface area contributed by atoms with Crippen molar-refractivity contribution in [2.24, 2.45) is 5.10 Å². The minimum Gasteiger partial charge on any atom is -0.322 e. The molecule has 8 heteroatoms. The molecule has 0 aliphatic carbocycles. The van der Waals surface area contributed by atoms with Crippen LogP contribution in [0, 0.1) is 6.92 Å². The number of halogens is 1. The van der Waals surface area contributed by atoms with Crippen LogP contribution >= 0.6 is 11.6 Å². The van der Waals surface area contributed by atoms with Gasteiger partial charge in [-0.1, -0.05) is 53.6 Å². The Kier molecular flexibility index (Phi) is 6.31. The largest absolute Gasteiger partial charge is 0.322 e. The van der Waals surface area contributed by atoms with Crippen LogP contribution < -0.4 is 10.1 Å². The number of sulfonamides is 1. The lowest BCUT2D eigenvalue weighted by atomic mass is 10.2. The molecule has 3 rings (SSSR count). The van der Waals surface area contributed by atoms with Gasteiger partial charge in [0.2, 0.25) is 0 Å². The number of nitrogens with one attached hydrogen (secondary N) is 2. The van der Waals surface area contributed by atoms with Gasteiger partial charge in [0.1, 0.15) is 0 Å². The topological polar surface area (TPSA) is 87.6 Å². The Morgan fingerprint density at radius 1 is 1.00 bits per heavy atom. The number of rotatable bonds is 6. The highest BCUT2D eigenvalue weighted by atomic mass is 35.5. The Balaban J connectivity index is 1.69. The summed E-state index contributed by atoms with van der Waals surface area (Å²) in [5, 5.41) is 6.92. The second-order valence-corrected chi connectivity index (χ2v) is 8.29. The van der Waals surface area contributed by atoms with Gasteiger partial charge in [-0.3, -0.25) is 4.79 Å². The second-order valence-electron chi connectivity index (χ2n) is 6.23. The van der Waals surface area contributed by atoms with Crippen molar-refractivity contribution in [3.8, 4) is 0 Å². The highest BCUT2D eigenvalue weighted by molar-refractivity contribution is 7.89. The molecule has 6 nitrogen and oxygen atoms in total. The molecule has 0 aliphatic rings. The Morgan fingerprint density at radius 3 is 2.45 bits per heavy atom. The van der Waals surface area contributed by atoms with Gasteiger partial charge in [0.25, 0.3) is 15.9 Å². The number of hydrazone groups is 1. The molecular formula is C21H18ClN3O3S. The Morgan fingerprint density at radius 2 is 1.72 bits per heavy atom. The number of carbonyl (C=O) groups is 1. The van der Waals surface area contributed by atoms with Crippen LogP contribution in [0.5, 0.6) is 0 Å². The van der Waals surface area contributed by atoms with Crippen molar-refractivity contribution < 1.29 is 13.2 Å². The number of nitrogens with zero attached hydrogens (tertiary/aromatic N) is 1. The van der Waals surface area contributed by atoms with E-state index in [1.54, 1.807) is 60.7 Å². The molecule has 0 saturated heterocycles. The number of amides is 1. The molecule has 0 heterocycles. The van der Waals surface area contributed by atoms with E-state index in [0.717, 1.165) is 5.56 Å². The Hall–Kier alpha value is -3.16. The molecule has 0 fully saturated rings. The third-order valence-electron chi connectivity index (χ3n) is 3.98. The molecule has 0 atom stereocenters. The molecule has 1 amide bonds. The van der Waals surface area contributed by atoms with E-state index in [-0.39, 0.29) is 10.8 Å². The predicted molar refractivity (Wildman–Crippen MR) is 115 cm³/mol. The van der Waals surface area contributed by atoms with Crippen LogP contribution in [0.15, 0.2) is 82.8 Å². The summed E-state index contributed by atoms with van der Waals surface area (Å²) < 4.78 is 24.5. The molecule has 0 saturated carbocycles. The van der Waals surface area contributed by atoms with Crippen molar-refractivity contribution in [3.63, 3.8) is 0 Å². The fraction of sp³-hybridized carbons (Fsp3) is 0.0476. The molecule has 0 bridgehead atoms. The lowest BCUT2D eigenvalue weighted by Crippen LogP contribution is -2.18. The molecule has 148 valence electrons. The van der Waals surface area contributed by atoms with Crippen molar-refractivity contribution in [2.45, 2.75) is 11.8 Å². The van der Waals surface area contributed by atoms with Gasteiger partial charge >= 0.3 is 0 Å². The monoisotopic (exact) mass is 427 g/mol. The highest BCUT2D eigenvalue weighted by Gasteiger charge is 2.12. The lowest BCUT2D eigenvalue weighted by molar-refractivity contribution is 0.102. The van der Waals surface area contributed by atoms with E-state index in [2.05, 4.69) is 15.2 Å². The first-order valence-corrected chi connectivity index (χ1v) is 10.5. The van der Waals surface area contributed by atoms with Crippen molar-refractivity contribution in [2.75, 3.05) is 5.32 Å². The van der Waals surface area contributed by atoms with E-state index >= 15 is 0 Å². The van der Waals surface area contributed by atoms with Gasteiger partial charge in [-0.05, 0) is 48.9 Å². The summed E-state index contributed by atoms with van der Waals surface area (Å²) in [4.78, 5) is 14.7. The maximum absolute atomic E-state index is 12.4. The molecule has 29 heavy (non-hydrogen) atoms. The summed E-state index contributed by atoms with van der Waals surface area (Å²) in [6.07, 6.45) is 1.36. The van der Waals surface area contributed by atoms with Gasteiger partial charge in [-0.15, -0.1) is 0 Å². The summed E-state index contributed by atoms with van der Waals surface area (Å²) in [6.45, 7) is 1.87. The van der Waals surface area contributed by atoms with E-state index in [1.807, 2.05) is 6.92 Å². The number of benzene rings is 3. The fourth-order valence-electron chi connectivity index (χ4n) is 2.48. The lowest BCUT2D eigenvalue weighted by Gasteiger charge is -2.07. The third-order valence-corrected chi connectivity index (χ3v) is 5.55. The van der Waals surface area contributed by atoms with E-state index in [0.29, 0.717) is 21.8 Å². The standard InChI is InChI=1S/C21H18ClN3O3S/c1-15-9-11-18(12-10-15)29(27,28)25-23-14-16-5-4-6-17(13-16)24-21(26)19-7-2-3-8-20(19)22/h2-14,25H,1H3,(H,24,26)/b23-14-. The smallest absolute Gasteiger partial charge is 0.276 e. The van der Waals surface area contributed by atoms with E-state index in [4.69, 9.17) is 11.6 Å². The number of hydrogen-bond acceptors (Lipinski definition) is 4. The van der Waals surface area contributed by atoms with Gasteiger partial charge in [0.15, 0.2) is 0 Å². The summed E-state index contributed by atoms with van der Waals surface area (Å²) >= 11 is 6.04. The van der Waals surface area contributed by atoms with Crippen LogP contribution in [0.4, 0.5) is 5.69 Å². The van der Waals surface area contributed by atoms with Gasteiger partial charge in [-0.2, -0.15) is 13.5 Å². The van der Waals surface area contributed by atoms with Crippen molar-refractivity contribution >= 4 is 39.4 Å². The molecule has 3 aromatic rings. The molecule has 0 spiro atoms. The zero-order valence-electron chi connectivity index (χ0n) is 15.5. The molecule has 2 N–H and O–H groups in total. The molecule has 0 aliphatic heterocycles. The van der Waals surface area contributed by atoms with Gasteiger partial charge in [0, 0.05) is 5.69 Å². The zero-order chi connectivity index (χ0) is 20.9. The SMILES string of the molecule is Cc1ccc(S(=O)(=O)N/N=C\c2cccc(NC(=O)c3ccccc3Cl)c2)cc1. The first-order valence-electron chi connectivity index (χ1n) is 8.63. The van der Waals surface area contributed by atoms with Gasteiger partial charge < -0.3 is 5.32 Å². The van der Waals surface area contributed by atoms with Gasteiger partial charge in [-0.25, -0.2) is 4.83 Å². The second kappa shape index (κ2) is 8.89. The van der Waals surface area contributed by atoms with E-state index < -0.39 is 10.0 Å². The maximum atomic E-state index is 12.4. The fourth-order valence-corrected chi connectivity index (χ4v) is 3.49. The first-order chi connectivity index (χ1) is 13.8. The van der Waals surface area contributed by atoms with E-state index in [1.165, 1.54) is 18.3 Å². The van der Waals surface area contributed by atoms with E-state index in [9.17, 15) is 13.2 Å². The minimum absolute atomic E-state index is 0.126. The first kappa shape index (κ1) is 20.6. The molecule has 3 aromatic carbocycles. The number of anilines is 1. The average molecular weight is 428 g/mol. The predicted octanol–water partition coefficient (Wildman–Crippen LogP) is 4.21. The van der Waals surface area contributed by atoms with Crippen LogP contribution in [0.3, 0.4) is 0 Å². The Bertz CT molecular complexity index is 1160. The molecule has 0 radical (unpaired) electrons.